The summed E-state index contributed by atoms with van der Waals surface area (Å²) in [6.07, 6.45) is 1.50. The van der Waals surface area contributed by atoms with Crippen LogP contribution in [0.1, 0.15) is 19.4 Å². The first-order valence-corrected chi connectivity index (χ1v) is 7.62. The number of fused-ring (bicyclic) bond motifs is 1. The van der Waals surface area contributed by atoms with Crippen LogP contribution in [-0.4, -0.2) is 26.1 Å². The van der Waals surface area contributed by atoms with E-state index in [1.807, 2.05) is 12.1 Å². The Kier molecular flexibility index (Phi) is 4.13. The third kappa shape index (κ3) is 3.10. The molecule has 2 heterocycles. The number of rotatable bonds is 4. The molecule has 0 saturated heterocycles. The Labute approximate surface area is 138 Å². The van der Waals surface area contributed by atoms with Crippen LogP contribution in [0.2, 0.25) is 5.02 Å². The van der Waals surface area contributed by atoms with Crippen molar-refractivity contribution in [3.8, 4) is 17.5 Å². The van der Waals surface area contributed by atoms with E-state index in [-0.39, 0.29) is 0 Å². The van der Waals surface area contributed by atoms with E-state index < -0.39 is 0 Å². The first-order chi connectivity index (χ1) is 11.1. The van der Waals surface area contributed by atoms with Crippen molar-refractivity contribution in [3.05, 3.63) is 41.0 Å². The molecule has 0 saturated carbocycles. The number of nitrogens with zero attached hydrogens (tertiary/aromatic N) is 5. The van der Waals surface area contributed by atoms with Gasteiger partial charge in [-0.15, -0.1) is 0 Å². The zero-order valence-corrected chi connectivity index (χ0v) is 13.5. The molecule has 0 unspecified atom stereocenters. The van der Waals surface area contributed by atoms with E-state index in [1.165, 1.54) is 6.20 Å². The van der Waals surface area contributed by atoms with Gasteiger partial charge in [-0.2, -0.15) is 24.8 Å². The summed E-state index contributed by atoms with van der Waals surface area (Å²) in [6.45, 7) is 4.95. The normalized spacial score (nSPS) is 10.9. The smallest absolute Gasteiger partial charge is 0.226 e. The molecule has 0 aliphatic carbocycles. The van der Waals surface area contributed by atoms with Crippen molar-refractivity contribution in [2.24, 2.45) is 5.92 Å². The number of hydrogen-bond acceptors (Lipinski definition) is 5. The highest BCUT2D eigenvalue weighted by Gasteiger charge is 2.14. The summed E-state index contributed by atoms with van der Waals surface area (Å²) in [5.41, 5.74) is 1.75. The first-order valence-electron chi connectivity index (χ1n) is 7.24. The molecule has 0 aliphatic rings. The Morgan fingerprint density at radius 3 is 2.65 bits per heavy atom. The average Bonchev–Trinajstić information content (AvgIpc) is 2.96. The maximum atomic E-state index is 9.23. The number of aromatic nitrogens is 4. The minimum Gasteiger partial charge on any atom is -0.354 e. The van der Waals surface area contributed by atoms with Crippen LogP contribution in [0.4, 0.5) is 5.95 Å². The van der Waals surface area contributed by atoms with Crippen LogP contribution < -0.4 is 5.32 Å². The standard InChI is InChI=1S/C16H15ClN6/c1-10(2)8-19-16-21-14(11-3-5-13(17)6-4-11)23-15(22-16)12(7-18)9-20-23/h3-6,9-10H,8H2,1-2H3,(H,19,22). The average molecular weight is 327 g/mol. The van der Waals surface area contributed by atoms with E-state index in [0.717, 1.165) is 12.1 Å². The number of anilines is 1. The third-order valence-electron chi connectivity index (χ3n) is 3.26. The SMILES string of the molecule is CC(C)CNc1nc(-c2ccc(Cl)cc2)n2ncc(C#N)c2n1. The van der Waals surface area contributed by atoms with Crippen LogP contribution in [0.15, 0.2) is 30.5 Å². The molecular weight excluding hydrogens is 312 g/mol. The molecule has 3 rings (SSSR count). The van der Waals surface area contributed by atoms with Crippen molar-refractivity contribution in [2.75, 3.05) is 11.9 Å². The number of halogens is 1. The number of nitriles is 1. The van der Waals surface area contributed by atoms with Crippen molar-refractivity contribution in [2.45, 2.75) is 13.8 Å². The topological polar surface area (TPSA) is 78.9 Å². The monoisotopic (exact) mass is 326 g/mol. The van der Waals surface area contributed by atoms with Crippen LogP contribution in [0.5, 0.6) is 0 Å². The maximum Gasteiger partial charge on any atom is 0.226 e. The van der Waals surface area contributed by atoms with Crippen LogP contribution in [0.3, 0.4) is 0 Å². The van der Waals surface area contributed by atoms with Crippen molar-refractivity contribution >= 4 is 23.2 Å². The van der Waals surface area contributed by atoms with Crippen LogP contribution in [-0.2, 0) is 0 Å². The molecule has 0 spiro atoms. The van der Waals surface area contributed by atoms with E-state index in [1.54, 1.807) is 16.6 Å². The lowest BCUT2D eigenvalue weighted by molar-refractivity contribution is 0.684. The lowest BCUT2D eigenvalue weighted by atomic mass is 10.2. The van der Waals surface area contributed by atoms with Crippen molar-refractivity contribution < 1.29 is 0 Å². The first kappa shape index (κ1) is 15.3. The molecule has 6 nitrogen and oxygen atoms in total. The molecule has 2 aromatic heterocycles. The fourth-order valence-electron chi connectivity index (χ4n) is 2.12. The highest BCUT2D eigenvalue weighted by molar-refractivity contribution is 6.30. The van der Waals surface area contributed by atoms with Gasteiger partial charge in [0.2, 0.25) is 5.95 Å². The molecule has 7 heteroatoms. The summed E-state index contributed by atoms with van der Waals surface area (Å²) in [5.74, 6) is 1.54. The Morgan fingerprint density at radius 1 is 1.26 bits per heavy atom. The van der Waals surface area contributed by atoms with Gasteiger partial charge < -0.3 is 5.32 Å². The number of nitrogens with one attached hydrogen (secondary N) is 1. The predicted octanol–water partition coefficient (Wildman–Crippen LogP) is 3.38. The Balaban J connectivity index is 2.16. The van der Waals surface area contributed by atoms with E-state index in [9.17, 15) is 5.26 Å². The Morgan fingerprint density at radius 2 is 2.00 bits per heavy atom. The van der Waals surface area contributed by atoms with Crippen LogP contribution >= 0.6 is 11.6 Å². The van der Waals surface area contributed by atoms with Gasteiger partial charge in [-0.3, -0.25) is 0 Å². The fraction of sp³-hybridized carbons (Fsp3) is 0.250. The molecular formula is C16H15ClN6. The lowest BCUT2D eigenvalue weighted by Gasteiger charge is -2.10. The molecule has 0 amide bonds. The van der Waals surface area contributed by atoms with Gasteiger partial charge in [-0.25, -0.2) is 0 Å². The number of benzene rings is 1. The largest absolute Gasteiger partial charge is 0.354 e. The third-order valence-corrected chi connectivity index (χ3v) is 3.51. The second kappa shape index (κ2) is 6.23. The van der Waals surface area contributed by atoms with Gasteiger partial charge in [-0.05, 0) is 30.2 Å². The van der Waals surface area contributed by atoms with Gasteiger partial charge in [0.05, 0.1) is 6.20 Å². The summed E-state index contributed by atoms with van der Waals surface area (Å²) in [4.78, 5) is 8.96. The molecule has 0 bridgehead atoms. The molecule has 1 N–H and O–H groups in total. The molecule has 3 aromatic rings. The van der Waals surface area contributed by atoms with Gasteiger partial charge in [-0.1, -0.05) is 25.4 Å². The molecule has 0 aliphatic heterocycles. The fourth-order valence-corrected chi connectivity index (χ4v) is 2.24. The van der Waals surface area contributed by atoms with E-state index >= 15 is 0 Å². The number of hydrogen-bond donors (Lipinski definition) is 1. The Hall–Kier alpha value is -2.65. The summed E-state index contributed by atoms with van der Waals surface area (Å²) in [5, 5.41) is 17.3. The zero-order valence-electron chi connectivity index (χ0n) is 12.8. The van der Waals surface area contributed by atoms with Crippen molar-refractivity contribution in [1.29, 1.82) is 5.26 Å². The minimum atomic E-state index is 0.412. The lowest BCUT2D eigenvalue weighted by Crippen LogP contribution is -2.12. The summed E-state index contributed by atoms with van der Waals surface area (Å²) in [6, 6.07) is 9.42. The predicted molar refractivity (Wildman–Crippen MR) is 89.3 cm³/mol. The highest BCUT2D eigenvalue weighted by atomic mass is 35.5. The second-order valence-corrected chi connectivity index (χ2v) is 5.99. The van der Waals surface area contributed by atoms with E-state index in [2.05, 4.69) is 40.3 Å². The van der Waals surface area contributed by atoms with Crippen LogP contribution in [0.25, 0.3) is 17.0 Å². The minimum absolute atomic E-state index is 0.412. The van der Waals surface area contributed by atoms with E-state index in [0.29, 0.717) is 33.9 Å². The zero-order chi connectivity index (χ0) is 16.4. The molecule has 0 radical (unpaired) electrons. The maximum absolute atomic E-state index is 9.23. The summed E-state index contributed by atoms with van der Waals surface area (Å²) >= 11 is 5.95. The summed E-state index contributed by atoms with van der Waals surface area (Å²) < 4.78 is 1.57. The van der Waals surface area contributed by atoms with Gasteiger partial charge in [0.25, 0.3) is 0 Å². The molecule has 0 fully saturated rings. The van der Waals surface area contributed by atoms with Gasteiger partial charge >= 0.3 is 0 Å². The van der Waals surface area contributed by atoms with Gasteiger partial charge in [0.15, 0.2) is 11.5 Å². The molecule has 1 aromatic carbocycles. The second-order valence-electron chi connectivity index (χ2n) is 5.56. The van der Waals surface area contributed by atoms with Crippen molar-refractivity contribution in [1.82, 2.24) is 19.6 Å². The van der Waals surface area contributed by atoms with Crippen LogP contribution in [0, 0.1) is 17.2 Å². The molecule has 0 atom stereocenters. The highest BCUT2D eigenvalue weighted by Crippen LogP contribution is 2.22. The van der Waals surface area contributed by atoms with Crippen molar-refractivity contribution in [3.63, 3.8) is 0 Å². The van der Waals surface area contributed by atoms with E-state index in [4.69, 9.17) is 11.6 Å². The van der Waals surface area contributed by atoms with Gasteiger partial charge in [0, 0.05) is 17.1 Å². The Bertz CT molecular complexity index is 876. The van der Waals surface area contributed by atoms with Gasteiger partial charge in [0.1, 0.15) is 11.6 Å². The summed E-state index contributed by atoms with van der Waals surface area (Å²) in [7, 11) is 0. The molecule has 23 heavy (non-hydrogen) atoms. The molecule has 116 valence electrons. The quantitative estimate of drug-likeness (QED) is 0.795.